The standard InChI is InChI=1S/C66H44N2/c1-2-12-45(13-3-1)46-22-24-47(25-23-46)49-30-35-53(36-31-49)67(55-39-41-56(42-40-55)68-65-20-10-8-18-62(65)63-19-9-11-21-66(63)68)54-37-32-50(33-38-54)48-26-28-51(29-27-48)52-34-43-61-59-16-5-4-14-57(59)58-15-6-7-17-60(58)64(61)44-52/h1-44H. The molecule has 1 aromatic heterocycles. The Kier molecular flexibility index (Phi) is 9.54. The minimum Gasteiger partial charge on any atom is -0.311 e. The lowest BCUT2D eigenvalue weighted by Gasteiger charge is -2.26. The molecular formula is C66H44N2. The Hall–Kier alpha value is -8.98. The summed E-state index contributed by atoms with van der Waals surface area (Å²) >= 11 is 0. The summed E-state index contributed by atoms with van der Waals surface area (Å²) in [5.74, 6) is 0. The number of hydrogen-bond donors (Lipinski definition) is 0. The van der Waals surface area contributed by atoms with Crippen molar-refractivity contribution in [1.29, 1.82) is 0 Å². The van der Waals surface area contributed by atoms with Crippen LogP contribution in [0, 0.1) is 0 Å². The van der Waals surface area contributed by atoms with E-state index in [2.05, 4.69) is 276 Å². The average Bonchev–Trinajstić information content (AvgIpc) is 3.76. The fraction of sp³-hybridized carbons (Fsp3) is 0. The van der Waals surface area contributed by atoms with Gasteiger partial charge >= 0.3 is 0 Å². The molecule has 0 atom stereocenters. The van der Waals surface area contributed by atoms with Gasteiger partial charge in [0.15, 0.2) is 0 Å². The molecule has 0 spiro atoms. The lowest BCUT2D eigenvalue weighted by molar-refractivity contribution is 1.17. The van der Waals surface area contributed by atoms with Crippen molar-refractivity contribution in [2.45, 2.75) is 0 Å². The van der Waals surface area contributed by atoms with Crippen LogP contribution in [0.15, 0.2) is 267 Å². The average molecular weight is 865 g/mol. The van der Waals surface area contributed by atoms with Crippen LogP contribution in [-0.2, 0) is 0 Å². The van der Waals surface area contributed by atoms with Crippen LogP contribution in [0.2, 0.25) is 0 Å². The van der Waals surface area contributed by atoms with Gasteiger partial charge in [0.05, 0.1) is 11.0 Å². The van der Waals surface area contributed by atoms with Gasteiger partial charge in [0.2, 0.25) is 0 Å². The molecule has 0 amide bonds. The maximum absolute atomic E-state index is 2.38. The molecule has 0 N–H and O–H groups in total. The van der Waals surface area contributed by atoms with Gasteiger partial charge in [-0.2, -0.15) is 0 Å². The predicted molar refractivity (Wildman–Crippen MR) is 290 cm³/mol. The highest BCUT2D eigenvalue weighted by Crippen LogP contribution is 2.41. The van der Waals surface area contributed by atoms with Crippen molar-refractivity contribution < 1.29 is 0 Å². The molecule has 0 radical (unpaired) electrons. The Balaban J connectivity index is 0.837. The largest absolute Gasteiger partial charge is 0.311 e. The minimum atomic E-state index is 1.09. The van der Waals surface area contributed by atoms with Gasteiger partial charge in [0.1, 0.15) is 0 Å². The normalized spacial score (nSPS) is 11.5. The highest BCUT2D eigenvalue weighted by atomic mass is 15.1. The van der Waals surface area contributed by atoms with Crippen molar-refractivity contribution in [2.75, 3.05) is 4.90 Å². The number of rotatable bonds is 8. The van der Waals surface area contributed by atoms with Crippen LogP contribution in [0.4, 0.5) is 17.1 Å². The molecule has 0 saturated heterocycles. The second-order valence-corrected chi connectivity index (χ2v) is 17.7. The second kappa shape index (κ2) is 16.5. The van der Waals surface area contributed by atoms with Crippen LogP contribution in [0.1, 0.15) is 0 Å². The molecule has 1 heterocycles. The van der Waals surface area contributed by atoms with E-state index < -0.39 is 0 Å². The quantitative estimate of drug-likeness (QED) is 0.138. The number of fused-ring (bicyclic) bond motifs is 9. The second-order valence-electron chi connectivity index (χ2n) is 17.7. The van der Waals surface area contributed by atoms with Crippen LogP contribution < -0.4 is 4.90 Å². The Morgan fingerprint density at radius 1 is 0.206 bits per heavy atom. The molecule has 0 aliphatic heterocycles. The van der Waals surface area contributed by atoms with E-state index >= 15 is 0 Å². The number of para-hydroxylation sites is 2. The van der Waals surface area contributed by atoms with Crippen LogP contribution >= 0.6 is 0 Å². The fourth-order valence-electron chi connectivity index (χ4n) is 10.4. The zero-order valence-electron chi connectivity index (χ0n) is 37.3. The third-order valence-electron chi connectivity index (χ3n) is 13.8. The lowest BCUT2D eigenvalue weighted by Crippen LogP contribution is -2.10. The maximum atomic E-state index is 2.38. The molecule has 0 saturated carbocycles. The van der Waals surface area contributed by atoms with Crippen molar-refractivity contribution >= 4 is 71.2 Å². The van der Waals surface area contributed by atoms with Crippen LogP contribution in [0.5, 0.6) is 0 Å². The summed E-state index contributed by atoms with van der Waals surface area (Å²) in [6.07, 6.45) is 0. The van der Waals surface area contributed by atoms with Gasteiger partial charge in [-0.05, 0) is 144 Å². The van der Waals surface area contributed by atoms with Gasteiger partial charge in [0, 0.05) is 33.5 Å². The summed E-state index contributed by atoms with van der Waals surface area (Å²) in [6, 6.07) is 97.3. The summed E-state index contributed by atoms with van der Waals surface area (Å²) in [6.45, 7) is 0. The molecule has 68 heavy (non-hydrogen) atoms. The summed E-state index contributed by atoms with van der Waals surface area (Å²) in [5, 5.41) is 10.3. The number of anilines is 3. The van der Waals surface area contributed by atoms with Crippen LogP contribution in [-0.4, -0.2) is 4.57 Å². The van der Waals surface area contributed by atoms with E-state index in [0.717, 1.165) is 22.7 Å². The van der Waals surface area contributed by atoms with Crippen LogP contribution in [0.3, 0.4) is 0 Å². The molecule has 13 aromatic rings. The van der Waals surface area contributed by atoms with E-state index in [4.69, 9.17) is 0 Å². The third kappa shape index (κ3) is 6.82. The van der Waals surface area contributed by atoms with Crippen molar-refractivity contribution in [1.82, 2.24) is 4.57 Å². The SMILES string of the molecule is c1ccc(-c2ccc(-c3ccc(N(c4ccc(-c5ccc(-c6ccc7c8ccccc8c8ccccc8c7c6)cc5)cc4)c4ccc(-n5c6ccccc6c6ccccc65)cc4)cc3)cc2)cc1. The molecule has 2 nitrogen and oxygen atoms in total. The maximum Gasteiger partial charge on any atom is 0.0541 e. The number of nitrogens with zero attached hydrogens (tertiary/aromatic N) is 2. The van der Waals surface area contributed by atoms with Gasteiger partial charge in [-0.25, -0.2) is 0 Å². The van der Waals surface area contributed by atoms with Gasteiger partial charge < -0.3 is 9.47 Å². The molecule has 2 heteroatoms. The van der Waals surface area contributed by atoms with Gasteiger partial charge in [-0.1, -0.05) is 200 Å². The lowest BCUT2D eigenvalue weighted by atomic mass is 9.92. The highest BCUT2D eigenvalue weighted by Gasteiger charge is 2.17. The smallest absolute Gasteiger partial charge is 0.0541 e. The van der Waals surface area contributed by atoms with Gasteiger partial charge in [-0.3, -0.25) is 0 Å². The van der Waals surface area contributed by atoms with Gasteiger partial charge in [0.25, 0.3) is 0 Å². The first kappa shape index (κ1) is 39.4. The fourth-order valence-corrected chi connectivity index (χ4v) is 10.4. The molecule has 0 aliphatic rings. The molecule has 13 rings (SSSR count). The van der Waals surface area contributed by atoms with Crippen molar-refractivity contribution in [3.63, 3.8) is 0 Å². The summed E-state index contributed by atoms with van der Waals surface area (Å²) in [5.41, 5.74) is 16.4. The first-order chi connectivity index (χ1) is 33.7. The van der Waals surface area contributed by atoms with Crippen molar-refractivity contribution in [2.24, 2.45) is 0 Å². The highest BCUT2D eigenvalue weighted by molar-refractivity contribution is 6.25. The van der Waals surface area contributed by atoms with E-state index in [-0.39, 0.29) is 0 Å². The Morgan fingerprint density at radius 3 is 0.941 bits per heavy atom. The zero-order chi connectivity index (χ0) is 45.0. The molecule has 0 unspecified atom stereocenters. The number of aromatic nitrogens is 1. The van der Waals surface area contributed by atoms with E-state index in [9.17, 15) is 0 Å². The summed E-state index contributed by atoms with van der Waals surface area (Å²) in [7, 11) is 0. The van der Waals surface area contributed by atoms with Crippen LogP contribution in [0.25, 0.3) is 104 Å². The first-order valence-corrected chi connectivity index (χ1v) is 23.4. The summed E-state index contributed by atoms with van der Waals surface area (Å²) < 4.78 is 2.38. The van der Waals surface area contributed by atoms with Gasteiger partial charge in [-0.15, -0.1) is 0 Å². The molecule has 0 fully saturated rings. The van der Waals surface area contributed by atoms with Crippen molar-refractivity contribution in [3.8, 4) is 50.2 Å². The molecule has 0 bridgehead atoms. The number of hydrogen-bond acceptors (Lipinski definition) is 1. The Bertz CT molecular complexity index is 3870. The minimum absolute atomic E-state index is 1.09. The molecular weight excluding hydrogens is 821 g/mol. The van der Waals surface area contributed by atoms with E-state index in [0.29, 0.717) is 0 Å². The Morgan fingerprint density at radius 2 is 0.500 bits per heavy atom. The molecule has 0 aliphatic carbocycles. The van der Waals surface area contributed by atoms with Crippen molar-refractivity contribution in [3.05, 3.63) is 267 Å². The third-order valence-corrected chi connectivity index (χ3v) is 13.8. The number of benzene rings is 12. The first-order valence-electron chi connectivity index (χ1n) is 23.4. The molecule has 12 aromatic carbocycles. The van der Waals surface area contributed by atoms with E-state index in [1.807, 2.05) is 0 Å². The topological polar surface area (TPSA) is 8.17 Å². The van der Waals surface area contributed by atoms with E-state index in [1.165, 1.54) is 98.6 Å². The summed E-state index contributed by atoms with van der Waals surface area (Å²) in [4.78, 5) is 2.36. The predicted octanol–water partition coefficient (Wildman–Crippen LogP) is 18.4. The zero-order valence-corrected chi connectivity index (χ0v) is 37.3. The Labute approximate surface area is 395 Å². The van der Waals surface area contributed by atoms with E-state index in [1.54, 1.807) is 0 Å². The monoisotopic (exact) mass is 864 g/mol. The molecule has 318 valence electrons.